The fraction of sp³-hybridized carbons (Fsp3) is 0.667. The maximum absolute atomic E-state index is 5.54. The molecule has 1 heterocycles. The molecular formula is C12H22N4. The van der Waals surface area contributed by atoms with Crippen LogP contribution < -0.4 is 10.6 Å². The van der Waals surface area contributed by atoms with Crippen LogP contribution in [0.15, 0.2) is 12.4 Å². The third kappa shape index (κ3) is 4.14. The van der Waals surface area contributed by atoms with Gasteiger partial charge in [0.15, 0.2) is 0 Å². The molecule has 0 aliphatic rings. The molecule has 1 aromatic rings. The van der Waals surface area contributed by atoms with Gasteiger partial charge < -0.3 is 10.6 Å². The average Bonchev–Trinajstić information content (AvgIpc) is 2.25. The maximum Gasteiger partial charge on any atom is 0.225 e. The Labute approximate surface area is 97.9 Å². The lowest BCUT2D eigenvalue weighted by molar-refractivity contribution is 0.591. The van der Waals surface area contributed by atoms with E-state index in [1.807, 2.05) is 19.3 Å². The Bertz CT molecular complexity index is 294. The number of aromatic nitrogens is 2. The van der Waals surface area contributed by atoms with Crippen molar-refractivity contribution in [2.24, 2.45) is 11.7 Å². The van der Waals surface area contributed by atoms with Crippen molar-refractivity contribution >= 4 is 5.95 Å². The summed E-state index contributed by atoms with van der Waals surface area (Å²) in [7, 11) is 0. The van der Waals surface area contributed by atoms with Crippen LogP contribution in [0.2, 0.25) is 0 Å². The van der Waals surface area contributed by atoms with Gasteiger partial charge in [-0.25, -0.2) is 9.97 Å². The van der Waals surface area contributed by atoms with E-state index >= 15 is 0 Å². The molecule has 0 aliphatic carbocycles. The number of hydrogen-bond donors (Lipinski definition) is 1. The van der Waals surface area contributed by atoms with Gasteiger partial charge in [0, 0.05) is 25.5 Å². The maximum atomic E-state index is 5.54. The number of anilines is 1. The molecule has 1 rings (SSSR count). The molecule has 0 radical (unpaired) electrons. The topological polar surface area (TPSA) is 55.0 Å². The summed E-state index contributed by atoms with van der Waals surface area (Å²) in [6.07, 6.45) is 4.69. The minimum Gasteiger partial charge on any atom is -0.341 e. The van der Waals surface area contributed by atoms with E-state index in [9.17, 15) is 0 Å². The Balaban J connectivity index is 2.70. The third-order valence-electron chi connectivity index (χ3n) is 2.27. The molecule has 0 atom stereocenters. The summed E-state index contributed by atoms with van der Waals surface area (Å²) < 4.78 is 0. The fourth-order valence-corrected chi connectivity index (χ4v) is 1.54. The van der Waals surface area contributed by atoms with Crippen molar-refractivity contribution in [1.29, 1.82) is 0 Å². The number of aryl methyl sites for hydroxylation is 1. The van der Waals surface area contributed by atoms with Crippen molar-refractivity contribution < 1.29 is 0 Å². The summed E-state index contributed by atoms with van der Waals surface area (Å²) in [5.74, 6) is 1.41. The Morgan fingerprint density at radius 1 is 1.31 bits per heavy atom. The molecule has 4 heteroatoms. The highest BCUT2D eigenvalue weighted by Crippen LogP contribution is 2.10. The highest BCUT2D eigenvalue weighted by atomic mass is 15.2. The van der Waals surface area contributed by atoms with Crippen molar-refractivity contribution in [3.8, 4) is 0 Å². The lowest BCUT2D eigenvalue weighted by Crippen LogP contribution is -2.31. The van der Waals surface area contributed by atoms with Crippen LogP contribution in [-0.4, -0.2) is 29.6 Å². The summed E-state index contributed by atoms with van der Waals surface area (Å²) in [4.78, 5) is 10.9. The van der Waals surface area contributed by atoms with E-state index in [1.165, 1.54) is 0 Å². The van der Waals surface area contributed by atoms with Gasteiger partial charge in [-0.1, -0.05) is 13.8 Å². The van der Waals surface area contributed by atoms with Crippen LogP contribution in [0.25, 0.3) is 0 Å². The van der Waals surface area contributed by atoms with Crippen molar-refractivity contribution in [1.82, 2.24) is 9.97 Å². The summed E-state index contributed by atoms with van der Waals surface area (Å²) in [5, 5.41) is 0. The van der Waals surface area contributed by atoms with Crippen molar-refractivity contribution in [3.63, 3.8) is 0 Å². The van der Waals surface area contributed by atoms with Gasteiger partial charge in [0.1, 0.15) is 0 Å². The molecular weight excluding hydrogens is 200 g/mol. The Hall–Kier alpha value is -1.16. The fourth-order valence-electron chi connectivity index (χ4n) is 1.54. The van der Waals surface area contributed by atoms with Crippen LogP contribution in [-0.2, 0) is 0 Å². The van der Waals surface area contributed by atoms with Crippen molar-refractivity contribution in [2.75, 3.05) is 24.5 Å². The molecule has 4 nitrogen and oxygen atoms in total. The minimum absolute atomic E-state index is 0.600. The molecule has 0 saturated carbocycles. The van der Waals surface area contributed by atoms with Crippen molar-refractivity contribution in [3.05, 3.63) is 18.0 Å². The summed E-state index contributed by atoms with van der Waals surface area (Å²) in [6, 6.07) is 0. The molecule has 1 aromatic heterocycles. The van der Waals surface area contributed by atoms with Gasteiger partial charge in [-0.2, -0.15) is 0 Å². The van der Waals surface area contributed by atoms with E-state index in [0.29, 0.717) is 12.5 Å². The highest BCUT2D eigenvalue weighted by Gasteiger charge is 2.10. The quantitative estimate of drug-likeness (QED) is 0.794. The first-order valence-electron chi connectivity index (χ1n) is 5.87. The normalized spacial score (nSPS) is 10.8. The number of hydrogen-bond acceptors (Lipinski definition) is 4. The highest BCUT2D eigenvalue weighted by molar-refractivity contribution is 5.29. The van der Waals surface area contributed by atoms with Gasteiger partial charge in [-0.3, -0.25) is 0 Å². The molecule has 0 saturated heterocycles. The van der Waals surface area contributed by atoms with E-state index in [4.69, 9.17) is 5.73 Å². The Kier molecular flexibility index (Phi) is 5.19. The largest absolute Gasteiger partial charge is 0.341 e. The Morgan fingerprint density at radius 3 is 2.44 bits per heavy atom. The zero-order valence-corrected chi connectivity index (χ0v) is 10.5. The predicted molar refractivity (Wildman–Crippen MR) is 67.5 cm³/mol. The van der Waals surface area contributed by atoms with E-state index in [1.54, 1.807) is 0 Å². The van der Waals surface area contributed by atoms with Crippen LogP contribution in [0, 0.1) is 12.8 Å². The van der Waals surface area contributed by atoms with E-state index < -0.39 is 0 Å². The van der Waals surface area contributed by atoms with E-state index in [-0.39, 0.29) is 0 Å². The van der Waals surface area contributed by atoms with Gasteiger partial charge in [0.2, 0.25) is 5.95 Å². The molecule has 0 spiro atoms. The van der Waals surface area contributed by atoms with Crippen LogP contribution >= 0.6 is 0 Å². The first-order chi connectivity index (χ1) is 7.63. The summed E-state index contributed by atoms with van der Waals surface area (Å²) in [6.45, 7) is 9.00. The third-order valence-corrected chi connectivity index (χ3v) is 2.27. The molecule has 2 N–H and O–H groups in total. The second-order valence-corrected chi connectivity index (χ2v) is 4.54. The predicted octanol–water partition coefficient (Wildman–Crippen LogP) is 1.60. The lowest BCUT2D eigenvalue weighted by atomic mass is 10.2. The zero-order valence-electron chi connectivity index (χ0n) is 10.5. The number of rotatable bonds is 6. The zero-order chi connectivity index (χ0) is 12.0. The minimum atomic E-state index is 0.600. The molecule has 0 amide bonds. The molecule has 0 unspecified atom stereocenters. The van der Waals surface area contributed by atoms with Gasteiger partial charge in [-0.05, 0) is 31.4 Å². The SMILES string of the molecule is Cc1cnc(N(CCCN)CC(C)C)nc1. The lowest BCUT2D eigenvalue weighted by Gasteiger charge is -2.24. The molecule has 0 fully saturated rings. The molecule has 0 aliphatic heterocycles. The smallest absolute Gasteiger partial charge is 0.225 e. The summed E-state index contributed by atoms with van der Waals surface area (Å²) >= 11 is 0. The number of nitrogens with zero attached hydrogens (tertiary/aromatic N) is 3. The average molecular weight is 222 g/mol. The van der Waals surface area contributed by atoms with Crippen LogP contribution in [0.1, 0.15) is 25.8 Å². The standard InChI is InChI=1S/C12H22N4/c1-10(2)9-16(6-4-5-13)12-14-7-11(3)8-15-12/h7-8,10H,4-6,9,13H2,1-3H3. The van der Waals surface area contributed by atoms with E-state index in [2.05, 4.69) is 28.7 Å². The van der Waals surface area contributed by atoms with Crippen LogP contribution in [0.5, 0.6) is 0 Å². The second kappa shape index (κ2) is 6.43. The van der Waals surface area contributed by atoms with Crippen LogP contribution in [0.3, 0.4) is 0 Å². The van der Waals surface area contributed by atoms with Gasteiger partial charge in [0.05, 0.1) is 0 Å². The Morgan fingerprint density at radius 2 is 1.94 bits per heavy atom. The molecule has 0 aromatic carbocycles. The van der Waals surface area contributed by atoms with Gasteiger partial charge in [0.25, 0.3) is 0 Å². The number of nitrogens with two attached hydrogens (primary N) is 1. The van der Waals surface area contributed by atoms with Crippen molar-refractivity contribution in [2.45, 2.75) is 27.2 Å². The molecule has 16 heavy (non-hydrogen) atoms. The van der Waals surface area contributed by atoms with Crippen LogP contribution in [0.4, 0.5) is 5.95 Å². The first-order valence-corrected chi connectivity index (χ1v) is 5.87. The monoisotopic (exact) mass is 222 g/mol. The van der Waals surface area contributed by atoms with E-state index in [0.717, 1.165) is 31.0 Å². The second-order valence-electron chi connectivity index (χ2n) is 4.54. The van der Waals surface area contributed by atoms with Gasteiger partial charge in [-0.15, -0.1) is 0 Å². The molecule has 90 valence electrons. The molecule has 0 bridgehead atoms. The van der Waals surface area contributed by atoms with Gasteiger partial charge >= 0.3 is 0 Å². The first kappa shape index (κ1) is 12.9. The summed E-state index contributed by atoms with van der Waals surface area (Å²) in [5.41, 5.74) is 6.63.